The van der Waals surface area contributed by atoms with Crippen LogP contribution in [-0.2, 0) is 6.18 Å². The average molecular weight is 426 g/mol. The second-order valence-electron chi connectivity index (χ2n) is 7.31. The first-order chi connectivity index (χ1) is 14.9. The van der Waals surface area contributed by atoms with Gasteiger partial charge in [0.25, 0.3) is 5.91 Å². The quantitative estimate of drug-likeness (QED) is 0.618. The molecule has 0 radical (unpaired) electrons. The van der Waals surface area contributed by atoms with Crippen molar-refractivity contribution in [1.82, 2.24) is 14.9 Å². The van der Waals surface area contributed by atoms with Gasteiger partial charge in [-0.2, -0.15) is 13.2 Å². The molecule has 3 aromatic rings. The predicted molar refractivity (Wildman–Crippen MR) is 112 cm³/mol. The van der Waals surface area contributed by atoms with E-state index in [0.29, 0.717) is 49.7 Å². The highest BCUT2D eigenvalue weighted by Crippen LogP contribution is 2.35. The molecule has 1 saturated heterocycles. The van der Waals surface area contributed by atoms with Crippen LogP contribution >= 0.6 is 0 Å². The maximum atomic E-state index is 13.8. The number of carbonyl (C=O) groups excluding carboxylic acids is 1. The summed E-state index contributed by atoms with van der Waals surface area (Å²) < 4.78 is 41.5. The van der Waals surface area contributed by atoms with E-state index in [4.69, 9.17) is 0 Å². The van der Waals surface area contributed by atoms with Gasteiger partial charge in [0.1, 0.15) is 0 Å². The van der Waals surface area contributed by atoms with E-state index < -0.39 is 17.6 Å². The Morgan fingerprint density at radius 3 is 2.29 bits per heavy atom. The molecule has 0 N–H and O–H groups in total. The smallest absolute Gasteiger partial charge is 0.339 e. The number of rotatable bonds is 3. The minimum absolute atomic E-state index is 0.300. The lowest BCUT2D eigenvalue weighted by Crippen LogP contribution is -2.36. The molecular formula is C23H21F3N4O. The molecular weight excluding hydrogens is 405 g/mol. The largest absolute Gasteiger partial charge is 0.417 e. The number of nitrogens with zero attached hydrogens (tertiary/aromatic N) is 4. The minimum Gasteiger partial charge on any atom is -0.339 e. The average Bonchev–Trinajstić information content (AvgIpc) is 3.05. The number of hydrogen-bond acceptors (Lipinski definition) is 4. The normalized spacial score (nSPS) is 14.9. The van der Waals surface area contributed by atoms with E-state index >= 15 is 0 Å². The summed E-state index contributed by atoms with van der Waals surface area (Å²) >= 11 is 0. The summed E-state index contributed by atoms with van der Waals surface area (Å²) in [6, 6.07) is 14.4. The molecule has 0 atom stereocenters. The van der Waals surface area contributed by atoms with Gasteiger partial charge < -0.3 is 9.80 Å². The van der Waals surface area contributed by atoms with Gasteiger partial charge in [-0.15, -0.1) is 0 Å². The first kappa shape index (κ1) is 20.8. The van der Waals surface area contributed by atoms with Crippen LogP contribution < -0.4 is 4.90 Å². The molecule has 0 unspecified atom stereocenters. The standard InChI is InChI=1S/C23H21F3N4O/c24-23(25,26)20-16-18(17-6-2-1-3-7-17)8-9-19(20)21(31)29-12-5-13-30(15-14-29)22-27-10-4-11-28-22/h1-4,6-11,16H,5,12-15H2. The molecule has 8 heteroatoms. The SMILES string of the molecule is O=C(c1ccc(-c2ccccc2)cc1C(F)(F)F)N1CCCN(c2ncccn2)CC1. The monoisotopic (exact) mass is 426 g/mol. The maximum absolute atomic E-state index is 13.8. The Bertz CT molecular complexity index is 1040. The molecule has 1 aliphatic rings. The molecule has 0 spiro atoms. The topological polar surface area (TPSA) is 49.3 Å². The molecule has 1 aliphatic heterocycles. The summed E-state index contributed by atoms with van der Waals surface area (Å²) in [5, 5.41) is 0. The third-order valence-electron chi connectivity index (χ3n) is 5.28. The van der Waals surface area contributed by atoms with Gasteiger partial charge in [0.05, 0.1) is 11.1 Å². The molecule has 4 rings (SSSR count). The molecule has 1 fully saturated rings. The summed E-state index contributed by atoms with van der Waals surface area (Å²) in [4.78, 5) is 24.9. The Balaban J connectivity index is 1.59. The molecule has 0 bridgehead atoms. The molecule has 1 aromatic heterocycles. The lowest BCUT2D eigenvalue weighted by Gasteiger charge is -2.23. The van der Waals surface area contributed by atoms with Gasteiger partial charge in [0, 0.05) is 38.6 Å². The zero-order chi connectivity index (χ0) is 21.8. The fourth-order valence-electron chi connectivity index (χ4n) is 3.72. The zero-order valence-corrected chi connectivity index (χ0v) is 16.7. The summed E-state index contributed by atoms with van der Waals surface area (Å²) in [5.74, 6) is -0.0530. The number of alkyl halides is 3. The predicted octanol–water partition coefficient (Wildman–Crippen LogP) is 4.51. The van der Waals surface area contributed by atoms with Crippen LogP contribution in [0.2, 0.25) is 0 Å². The summed E-state index contributed by atoms with van der Waals surface area (Å²) in [6.07, 6.45) is -0.737. The fraction of sp³-hybridized carbons (Fsp3) is 0.261. The van der Waals surface area contributed by atoms with Gasteiger partial charge in [-0.1, -0.05) is 36.4 Å². The molecule has 160 valence electrons. The second-order valence-corrected chi connectivity index (χ2v) is 7.31. The minimum atomic E-state index is -4.63. The van der Waals surface area contributed by atoms with E-state index in [1.807, 2.05) is 4.90 Å². The summed E-state index contributed by atoms with van der Waals surface area (Å²) in [7, 11) is 0. The number of hydrogen-bond donors (Lipinski definition) is 0. The third-order valence-corrected chi connectivity index (χ3v) is 5.28. The van der Waals surface area contributed by atoms with Crippen molar-refractivity contribution in [2.24, 2.45) is 0 Å². The van der Waals surface area contributed by atoms with E-state index in [9.17, 15) is 18.0 Å². The third kappa shape index (κ3) is 4.68. The van der Waals surface area contributed by atoms with E-state index in [-0.39, 0.29) is 5.56 Å². The van der Waals surface area contributed by atoms with Crippen molar-refractivity contribution < 1.29 is 18.0 Å². The fourth-order valence-corrected chi connectivity index (χ4v) is 3.72. The number of amides is 1. The maximum Gasteiger partial charge on any atom is 0.417 e. The molecule has 1 amide bonds. The van der Waals surface area contributed by atoms with E-state index in [1.165, 1.54) is 11.0 Å². The van der Waals surface area contributed by atoms with Crippen molar-refractivity contribution >= 4 is 11.9 Å². The highest BCUT2D eigenvalue weighted by molar-refractivity contribution is 5.96. The van der Waals surface area contributed by atoms with Crippen LogP contribution in [0.5, 0.6) is 0 Å². The van der Waals surface area contributed by atoms with E-state index in [0.717, 1.165) is 6.07 Å². The van der Waals surface area contributed by atoms with Gasteiger partial charge in [-0.25, -0.2) is 9.97 Å². The van der Waals surface area contributed by atoms with Crippen molar-refractivity contribution in [2.45, 2.75) is 12.6 Å². The van der Waals surface area contributed by atoms with Crippen molar-refractivity contribution in [1.29, 1.82) is 0 Å². The van der Waals surface area contributed by atoms with Gasteiger partial charge in [-0.3, -0.25) is 4.79 Å². The first-order valence-corrected chi connectivity index (χ1v) is 10.0. The number of carbonyl (C=O) groups is 1. The summed E-state index contributed by atoms with van der Waals surface area (Å²) in [5.41, 5.74) is -0.143. The van der Waals surface area contributed by atoms with Crippen LogP contribution in [0.1, 0.15) is 22.3 Å². The molecule has 0 saturated carbocycles. The van der Waals surface area contributed by atoms with Crippen LogP contribution in [0.15, 0.2) is 67.0 Å². The number of anilines is 1. The van der Waals surface area contributed by atoms with Crippen molar-refractivity contribution in [3.8, 4) is 11.1 Å². The number of aromatic nitrogens is 2. The van der Waals surface area contributed by atoms with Crippen LogP contribution in [0.4, 0.5) is 19.1 Å². The highest BCUT2D eigenvalue weighted by Gasteiger charge is 2.37. The zero-order valence-electron chi connectivity index (χ0n) is 16.7. The lowest BCUT2D eigenvalue weighted by atomic mass is 9.98. The highest BCUT2D eigenvalue weighted by atomic mass is 19.4. The van der Waals surface area contributed by atoms with Crippen LogP contribution in [-0.4, -0.2) is 47.0 Å². The van der Waals surface area contributed by atoms with Crippen LogP contribution in [0, 0.1) is 0 Å². The van der Waals surface area contributed by atoms with Crippen molar-refractivity contribution in [3.63, 3.8) is 0 Å². The van der Waals surface area contributed by atoms with Crippen molar-refractivity contribution in [2.75, 3.05) is 31.1 Å². The van der Waals surface area contributed by atoms with Crippen molar-refractivity contribution in [3.05, 3.63) is 78.1 Å². The molecule has 2 heterocycles. The molecule has 2 aromatic carbocycles. The molecule has 31 heavy (non-hydrogen) atoms. The molecule has 5 nitrogen and oxygen atoms in total. The Hall–Kier alpha value is -3.42. The van der Waals surface area contributed by atoms with E-state index in [1.54, 1.807) is 54.9 Å². The van der Waals surface area contributed by atoms with Gasteiger partial charge >= 0.3 is 6.18 Å². The van der Waals surface area contributed by atoms with Crippen LogP contribution in [0.25, 0.3) is 11.1 Å². The summed E-state index contributed by atoms with van der Waals surface area (Å²) in [6.45, 7) is 1.76. The van der Waals surface area contributed by atoms with E-state index in [2.05, 4.69) is 9.97 Å². The Morgan fingerprint density at radius 1 is 0.839 bits per heavy atom. The second kappa shape index (κ2) is 8.75. The number of halogens is 3. The van der Waals surface area contributed by atoms with Gasteiger partial charge in [0.2, 0.25) is 5.95 Å². The lowest BCUT2D eigenvalue weighted by molar-refractivity contribution is -0.138. The van der Waals surface area contributed by atoms with Gasteiger partial charge in [-0.05, 0) is 35.7 Å². The van der Waals surface area contributed by atoms with Crippen LogP contribution in [0.3, 0.4) is 0 Å². The van der Waals surface area contributed by atoms with Gasteiger partial charge in [0.15, 0.2) is 0 Å². The Morgan fingerprint density at radius 2 is 1.58 bits per heavy atom. The number of benzene rings is 2. The first-order valence-electron chi connectivity index (χ1n) is 10.0. The molecule has 0 aliphatic carbocycles. The Kier molecular flexibility index (Phi) is 5.88. The Labute approximate surface area is 178 Å².